The molecule has 0 spiro atoms. The van der Waals surface area contributed by atoms with E-state index in [1.54, 1.807) is 0 Å². The van der Waals surface area contributed by atoms with Crippen molar-refractivity contribution in [3.8, 4) is 0 Å². The van der Waals surface area contributed by atoms with E-state index in [4.69, 9.17) is 10.5 Å². The molecule has 2 nitrogen and oxygen atoms in total. The van der Waals surface area contributed by atoms with Gasteiger partial charge >= 0.3 is 0 Å². The van der Waals surface area contributed by atoms with Crippen LogP contribution in [0.25, 0.3) is 0 Å². The van der Waals surface area contributed by atoms with Gasteiger partial charge in [-0.25, -0.2) is 0 Å². The highest BCUT2D eigenvalue weighted by Crippen LogP contribution is 1.14. The molecule has 2 N–H and O–H groups in total. The van der Waals surface area contributed by atoms with Crippen LogP contribution in [0.2, 0.25) is 0 Å². The van der Waals surface area contributed by atoms with Gasteiger partial charge in [-0.05, 0) is 0 Å². The van der Waals surface area contributed by atoms with Gasteiger partial charge in [-0.15, -0.1) is 0 Å². The van der Waals surface area contributed by atoms with Gasteiger partial charge in [0.2, 0.25) is 0 Å². The summed E-state index contributed by atoms with van der Waals surface area (Å²) in [5.41, 5.74) is 0. The van der Waals surface area contributed by atoms with Gasteiger partial charge < -0.3 is 0 Å². The molecule has 0 aromatic heterocycles. The smallest absolute Gasteiger partial charge is 0.0683 e. The molecule has 0 saturated carbocycles. The van der Waals surface area contributed by atoms with E-state index in [1.807, 2.05) is 13.8 Å². The van der Waals surface area contributed by atoms with Gasteiger partial charge in [-0.2, -0.15) is 0 Å². The Morgan fingerprint density at radius 3 is 1.00 bits per heavy atom. The molecular formula is C2H8O2. The van der Waals surface area contributed by atoms with Gasteiger partial charge in [0, 0.05) is 0 Å². The second-order valence-corrected chi connectivity index (χ2v) is 0. The molecule has 0 atom stereocenters. The monoisotopic (exact) mass is 64.1 g/mol. The number of hydrogen-bond acceptors (Lipinski definition) is 2. The second-order valence-electron chi connectivity index (χ2n) is 0. The van der Waals surface area contributed by atoms with Crippen molar-refractivity contribution in [1.82, 2.24) is 0 Å². The lowest BCUT2D eigenvalue weighted by Crippen LogP contribution is -1.29. The SMILES string of the molecule is CC.OO. The van der Waals surface area contributed by atoms with E-state index < -0.39 is 0 Å². The molecule has 0 aliphatic rings. The fourth-order valence-corrected chi connectivity index (χ4v) is 0. The first-order chi connectivity index (χ1) is 2.00. The lowest BCUT2D eigenvalue weighted by atomic mass is 11.0. The van der Waals surface area contributed by atoms with Gasteiger partial charge in [0.1, 0.15) is 0 Å². The number of rotatable bonds is 0. The van der Waals surface area contributed by atoms with Crippen molar-refractivity contribution in [1.29, 1.82) is 0 Å². The van der Waals surface area contributed by atoms with Gasteiger partial charge in [0.25, 0.3) is 0 Å². The maximum Gasteiger partial charge on any atom is -0.0683 e. The van der Waals surface area contributed by atoms with Crippen molar-refractivity contribution in [2.45, 2.75) is 13.8 Å². The Balaban J connectivity index is 0. The summed E-state index contributed by atoms with van der Waals surface area (Å²) in [7, 11) is 0. The summed E-state index contributed by atoms with van der Waals surface area (Å²) in [6.07, 6.45) is 0. The van der Waals surface area contributed by atoms with Crippen LogP contribution < -0.4 is 0 Å². The fourth-order valence-electron chi connectivity index (χ4n) is 0. The van der Waals surface area contributed by atoms with Crippen molar-refractivity contribution in [3.05, 3.63) is 0 Å². The molecule has 0 amide bonds. The predicted molar refractivity (Wildman–Crippen MR) is 16.6 cm³/mol. The molecule has 0 rings (SSSR count). The Bertz CT molecular complexity index is 4.00. The van der Waals surface area contributed by atoms with Crippen molar-refractivity contribution in [3.63, 3.8) is 0 Å². The summed E-state index contributed by atoms with van der Waals surface area (Å²) in [5, 5.41) is 12.0. The first kappa shape index (κ1) is 9.07. The Hall–Kier alpha value is -0.0800. The number of hydrogen-bond donors (Lipinski definition) is 2. The van der Waals surface area contributed by atoms with Crippen LogP contribution in [0.15, 0.2) is 0 Å². The van der Waals surface area contributed by atoms with Crippen LogP contribution in [-0.4, -0.2) is 10.5 Å². The highest BCUT2D eigenvalue weighted by atomic mass is 17.0. The maximum absolute atomic E-state index is 6.00. The van der Waals surface area contributed by atoms with Crippen LogP contribution in [0, 0.1) is 0 Å². The minimum atomic E-state index is 2.00. The lowest BCUT2D eigenvalue weighted by Gasteiger charge is -1.25. The Kier molecular flexibility index (Phi) is 3810. The maximum atomic E-state index is 6.00. The standard InChI is InChI=1S/C2H6.H2O2/c2*1-2/h1-2H3;1-2H. The van der Waals surface area contributed by atoms with Crippen molar-refractivity contribution < 1.29 is 10.5 Å². The molecule has 0 saturated heterocycles. The van der Waals surface area contributed by atoms with Crippen LogP contribution in [0.4, 0.5) is 0 Å². The lowest BCUT2D eigenvalue weighted by molar-refractivity contribution is -0.176. The molecule has 0 aromatic rings. The third-order valence-corrected chi connectivity index (χ3v) is 0. The molecule has 0 aliphatic heterocycles. The average molecular weight is 64.1 g/mol. The molecule has 0 fully saturated rings. The van der Waals surface area contributed by atoms with E-state index in [-0.39, 0.29) is 0 Å². The normalized spacial score (nSPS) is 3.00. The highest BCUT2D eigenvalue weighted by Gasteiger charge is 0.932. The molecule has 2 heteroatoms. The first-order valence-electron chi connectivity index (χ1n) is 1.20. The summed E-state index contributed by atoms with van der Waals surface area (Å²) < 4.78 is 0. The predicted octanol–water partition coefficient (Wildman–Crippen LogP) is 1.04. The summed E-state index contributed by atoms with van der Waals surface area (Å²) in [5.74, 6) is 0. The van der Waals surface area contributed by atoms with Gasteiger partial charge in [-0.3, -0.25) is 10.5 Å². The van der Waals surface area contributed by atoms with Gasteiger partial charge in [0.05, 0.1) is 0 Å². The van der Waals surface area contributed by atoms with Gasteiger partial charge in [-0.1, -0.05) is 13.8 Å². The Labute approximate surface area is 25.6 Å². The molecule has 0 bridgehead atoms. The van der Waals surface area contributed by atoms with Crippen molar-refractivity contribution in [2.24, 2.45) is 0 Å². The largest absolute Gasteiger partial charge is 0.255 e. The molecule has 0 radical (unpaired) electrons. The summed E-state index contributed by atoms with van der Waals surface area (Å²) in [4.78, 5) is 0. The van der Waals surface area contributed by atoms with Crippen LogP contribution in [0.3, 0.4) is 0 Å². The topological polar surface area (TPSA) is 40.5 Å². The zero-order chi connectivity index (χ0) is 4.00. The first-order valence-corrected chi connectivity index (χ1v) is 1.20. The van der Waals surface area contributed by atoms with Crippen molar-refractivity contribution in [2.75, 3.05) is 0 Å². The average Bonchev–Trinajstić information content (AvgIpc) is 1.50. The summed E-state index contributed by atoms with van der Waals surface area (Å²) in [6.45, 7) is 4.00. The molecule has 0 aromatic carbocycles. The quantitative estimate of drug-likeness (QED) is 0.326. The fraction of sp³-hybridized carbons (Fsp3) is 1.00. The molecule has 28 valence electrons. The van der Waals surface area contributed by atoms with E-state index in [2.05, 4.69) is 0 Å². The minimum Gasteiger partial charge on any atom is -0.255 e. The Morgan fingerprint density at radius 2 is 1.00 bits per heavy atom. The molecule has 0 aliphatic carbocycles. The Morgan fingerprint density at radius 1 is 1.00 bits per heavy atom. The molecule has 0 heterocycles. The van der Waals surface area contributed by atoms with Crippen LogP contribution in [0.1, 0.15) is 13.8 Å². The zero-order valence-corrected chi connectivity index (χ0v) is 2.89. The van der Waals surface area contributed by atoms with E-state index in [0.29, 0.717) is 0 Å². The summed E-state index contributed by atoms with van der Waals surface area (Å²) in [6, 6.07) is 0. The van der Waals surface area contributed by atoms with Crippen molar-refractivity contribution >= 4 is 0 Å². The van der Waals surface area contributed by atoms with E-state index in [1.165, 1.54) is 0 Å². The van der Waals surface area contributed by atoms with Crippen LogP contribution in [-0.2, 0) is 0 Å². The highest BCUT2D eigenvalue weighted by molar-refractivity contribution is 3.50. The molecule has 4 heavy (non-hydrogen) atoms. The molecular weight excluding hydrogens is 56.0 g/mol. The third kappa shape index (κ3) is 254. The van der Waals surface area contributed by atoms with E-state index >= 15 is 0 Å². The minimum absolute atomic E-state index is 2.00. The van der Waals surface area contributed by atoms with E-state index in [9.17, 15) is 0 Å². The third-order valence-electron chi connectivity index (χ3n) is 0. The summed E-state index contributed by atoms with van der Waals surface area (Å²) >= 11 is 0. The zero-order valence-electron chi connectivity index (χ0n) is 2.89. The van der Waals surface area contributed by atoms with Gasteiger partial charge in [0.15, 0.2) is 0 Å². The van der Waals surface area contributed by atoms with Crippen LogP contribution >= 0.6 is 0 Å². The molecule has 0 unspecified atom stereocenters. The second kappa shape index (κ2) is 1680. The van der Waals surface area contributed by atoms with Crippen LogP contribution in [0.5, 0.6) is 0 Å². The van der Waals surface area contributed by atoms with E-state index in [0.717, 1.165) is 0 Å².